The first-order valence-corrected chi connectivity index (χ1v) is 6.31. The third kappa shape index (κ3) is 2.98. The smallest absolute Gasteiger partial charge is 0.137 e. The zero-order valence-electron chi connectivity index (χ0n) is 9.75. The molecule has 94 valence electrons. The molecule has 2 aromatic rings. The van der Waals surface area contributed by atoms with E-state index < -0.39 is 0 Å². The topological polar surface area (TPSA) is 25.8 Å². The maximum Gasteiger partial charge on any atom is 0.137 e. The summed E-state index contributed by atoms with van der Waals surface area (Å²) in [7, 11) is 0. The third-order valence-corrected chi connectivity index (χ3v) is 3.21. The Kier molecular flexibility index (Phi) is 4.15. The molecule has 0 aliphatic heterocycles. The van der Waals surface area contributed by atoms with E-state index in [4.69, 9.17) is 23.2 Å². The minimum atomic E-state index is -0.267. The molecule has 0 saturated carbocycles. The summed E-state index contributed by atoms with van der Waals surface area (Å²) in [6.45, 7) is 1.94. The Morgan fingerprint density at radius 1 is 1.06 bits per heavy atom. The zero-order chi connectivity index (χ0) is 13.1. The van der Waals surface area contributed by atoms with Gasteiger partial charge >= 0.3 is 0 Å². The maximum atomic E-state index is 12.8. The van der Waals surface area contributed by atoms with Crippen molar-refractivity contribution in [1.82, 2.24) is 9.97 Å². The van der Waals surface area contributed by atoms with Gasteiger partial charge in [0, 0.05) is 12.0 Å². The van der Waals surface area contributed by atoms with Crippen LogP contribution in [-0.2, 0) is 12.8 Å². The Hall–Kier alpha value is -1.19. The van der Waals surface area contributed by atoms with Gasteiger partial charge in [0.25, 0.3) is 0 Å². The van der Waals surface area contributed by atoms with Crippen LogP contribution in [0, 0.1) is 5.82 Å². The van der Waals surface area contributed by atoms with Crippen molar-refractivity contribution in [3.8, 4) is 0 Å². The van der Waals surface area contributed by atoms with Crippen molar-refractivity contribution >= 4 is 23.2 Å². The number of halogens is 3. The summed E-state index contributed by atoms with van der Waals surface area (Å²) in [5, 5.41) is 0.768. The summed E-state index contributed by atoms with van der Waals surface area (Å²) in [6.07, 6.45) is 1.16. The van der Waals surface area contributed by atoms with Crippen LogP contribution in [0.4, 0.5) is 4.39 Å². The van der Waals surface area contributed by atoms with Gasteiger partial charge in [-0.25, -0.2) is 14.4 Å². The van der Waals surface area contributed by atoms with Crippen LogP contribution in [0.1, 0.15) is 23.9 Å². The fraction of sp³-hybridized carbons (Fsp3) is 0.231. The fourth-order valence-electron chi connectivity index (χ4n) is 1.63. The molecule has 1 aromatic carbocycles. The molecule has 5 heteroatoms. The Morgan fingerprint density at radius 2 is 1.61 bits per heavy atom. The number of nitrogens with zero attached hydrogens (tertiary/aromatic N) is 2. The van der Waals surface area contributed by atoms with Crippen molar-refractivity contribution < 1.29 is 4.39 Å². The molecule has 2 nitrogen and oxygen atoms in total. The van der Waals surface area contributed by atoms with Gasteiger partial charge in [-0.05, 0) is 24.1 Å². The Bertz CT molecular complexity index is 532. The standard InChI is InChI=1S/C13H11Cl2FN2/c1-2-10-12(14)17-11(18-13(10)15)7-8-3-5-9(16)6-4-8/h3-6H,2,7H2,1H3. The summed E-state index contributed by atoms with van der Waals surface area (Å²) < 4.78 is 12.8. The summed E-state index contributed by atoms with van der Waals surface area (Å²) in [5.41, 5.74) is 1.66. The molecule has 0 aliphatic rings. The van der Waals surface area contributed by atoms with Gasteiger partial charge in [0.05, 0.1) is 0 Å². The van der Waals surface area contributed by atoms with Crippen molar-refractivity contribution in [2.75, 3.05) is 0 Å². The van der Waals surface area contributed by atoms with Crippen LogP contribution in [0.2, 0.25) is 10.3 Å². The zero-order valence-corrected chi connectivity index (χ0v) is 11.3. The van der Waals surface area contributed by atoms with Crippen molar-refractivity contribution in [3.05, 3.63) is 57.3 Å². The first-order valence-electron chi connectivity index (χ1n) is 5.55. The largest absolute Gasteiger partial charge is 0.220 e. The van der Waals surface area contributed by atoms with E-state index in [2.05, 4.69) is 9.97 Å². The Morgan fingerprint density at radius 3 is 2.11 bits per heavy atom. The van der Waals surface area contributed by atoms with Crippen molar-refractivity contribution in [1.29, 1.82) is 0 Å². The van der Waals surface area contributed by atoms with Gasteiger partial charge in [-0.15, -0.1) is 0 Å². The fourth-order valence-corrected chi connectivity index (χ4v) is 2.32. The lowest BCUT2D eigenvalue weighted by atomic mass is 10.1. The minimum Gasteiger partial charge on any atom is -0.220 e. The molecule has 2 rings (SSSR count). The van der Waals surface area contributed by atoms with Crippen LogP contribution in [0.3, 0.4) is 0 Å². The highest BCUT2D eigenvalue weighted by molar-refractivity contribution is 6.34. The monoisotopic (exact) mass is 284 g/mol. The molecular weight excluding hydrogens is 274 g/mol. The average Bonchev–Trinajstić information content (AvgIpc) is 2.32. The van der Waals surface area contributed by atoms with Crippen LogP contribution in [0.5, 0.6) is 0 Å². The highest BCUT2D eigenvalue weighted by Crippen LogP contribution is 2.22. The van der Waals surface area contributed by atoms with Gasteiger partial charge in [0.15, 0.2) is 0 Å². The number of aromatic nitrogens is 2. The second-order valence-corrected chi connectivity index (χ2v) is 4.57. The highest BCUT2D eigenvalue weighted by atomic mass is 35.5. The van der Waals surface area contributed by atoms with Crippen LogP contribution >= 0.6 is 23.2 Å². The molecule has 0 atom stereocenters. The first-order chi connectivity index (χ1) is 8.60. The van der Waals surface area contributed by atoms with E-state index in [-0.39, 0.29) is 5.82 Å². The van der Waals surface area contributed by atoms with Crippen LogP contribution < -0.4 is 0 Å². The Balaban J connectivity index is 2.27. The van der Waals surface area contributed by atoms with E-state index in [1.165, 1.54) is 12.1 Å². The number of rotatable bonds is 3. The lowest BCUT2D eigenvalue weighted by molar-refractivity contribution is 0.627. The molecule has 0 saturated heterocycles. The molecule has 0 radical (unpaired) electrons. The molecule has 0 unspecified atom stereocenters. The quantitative estimate of drug-likeness (QED) is 0.794. The van der Waals surface area contributed by atoms with Crippen LogP contribution in [0.15, 0.2) is 24.3 Å². The van der Waals surface area contributed by atoms with E-state index in [1.807, 2.05) is 6.92 Å². The summed E-state index contributed by atoms with van der Waals surface area (Å²) in [4.78, 5) is 8.40. The molecule has 0 N–H and O–H groups in total. The molecular formula is C13H11Cl2FN2. The van der Waals surface area contributed by atoms with Crippen molar-refractivity contribution in [3.63, 3.8) is 0 Å². The molecule has 0 bridgehead atoms. The summed E-state index contributed by atoms with van der Waals surface area (Å²) >= 11 is 12.1. The van der Waals surface area contributed by atoms with E-state index in [0.29, 0.717) is 29.0 Å². The van der Waals surface area contributed by atoms with E-state index in [0.717, 1.165) is 11.1 Å². The highest BCUT2D eigenvalue weighted by Gasteiger charge is 2.10. The van der Waals surface area contributed by atoms with Crippen LogP contribution in [0.25, 0.3) is 0 Å². The number of benzene rings is 1. The Labute approximate surface area is 115 Å². The maximum absolute atomic E-state index is 12.8. The average molecular weight is 285 g/mol. The predicted molar refractivity (Wildman–Crippen MR) is 70.6 cm³/mol. The minimum absolute atomic E-state index is 0.267. The van der Waals surface area contributed by atoms with Crippen molar-refractivity contribution in [2.24, 2.45) is 0 Å². The lowest BCUT2D eigenvalue weighted by Crippen LogP contribution is -2.01. The molecule has 0 amide bonds. The molecule has 18 heavy (non-hydrogen) atoms. The summed E-state index contributed by atoms with van der Waals surface area (Å²) in [5.74, 6) is 0.269. The lowest BCUT2D eigenvalue weighted by Gasteiger charge is -2.06. The normalized spacial score (nSPS) is 10.7. The van der Waals surface area contributed by atoms with Gasteiger partial charge in [-0.2, -0.15) is 0 Å². The van der Waals surface area contributed by atoms with Crippen LogP contribution in [-0.4, -0.2) is 9.97 Å². The van der Waals surface area contributed by atoms with Gasteiger partial charge in [-0.3, -0.25) is 0 Å². The third-order valence-electron chi connectivity index (χ3n) is 2.58. The van der Waals surface area contributed by atoms with Gasteiger partial charge in [0.2, 0.25) is 0 Å². The molecule has 1 heterocycles. The molecule has 0 fully saturated rings. The molecule has 0 spiro atoms. The summed E-state index contributed by atoms with van der Waals surface area (Å²) in [6, 6.07) is 6.18. The van der Waals surface area contributed by atoms with E-state index in [9.17, 15) is 4.39 Å². The van der Waals surface area contributed by atoms with Gasteiger partial charge in [0.1, 0.15) is 21.9 Å². The molecule has 1 aromatic heterocycles. The number of hydrogen-bond acceptors (Lipinski definition) is 2. The van der Waals surface area contributed by atoms with Gasteiger partial charge in [-0.1, -0.05) is 42.3 Å². The van der Waals surface area contributed by atoms with E-state index >= 15 is 0 Å². The second kappa shape index (κ2) is 5.63. The second-order valence-electron chi connectivity index (χ2n) is 3.86. The molecule has 0 aliphatic carbocycles. The van der Waals surface area contributed by atoms with E-state index in [1.54, 1.807) is 12.1 Å². The van der Waals surface area contributed by atoms with Gasteiger partial charge < -0.3 is 0 Å². The number of hydrogen-bond donors (Lipinski definition) is 0. The van der Waals surface area contributed by atoms with Crippen molar-refractivity contribution in [2.45, 2.75) is 19.8 Å². The predicted octanol–water partition coefficient (Wildman–Crippen LogP) is 4.08. The SMILES string of the molecule is CCc1c(Cl)nc(Cc2ccc(F)cc2)nc1Cl. The first kappa shape index (κ1) is 13.2.